The third-order valence-corrected chi connectivity index (χ3v) is 5.00. The highest BCUT2D eigenvalue weighted by molar-refractivity contribution is 7.92. The summed E-state index contributed by atoms with van der Waals surface area (Å²) < 4.78 is 31.4. The molecule has 0 heterocycles. The molecule has 0 saturated heterocycles. The molecule has 1 rings (SSSR count). The third-order valence-electron chi connectivity index (χ3n) is 3.89. The lowest BCUT2D eigenvalue weighted by Gasteiger charge is -2.32. The molecule has 0 unspecified atom stereocenters. The largest absolute Gasteiger partial charge is 0.452 e. The van der Waals surface area contributed by atoms with Crippen LogP contribution in [0.1, 0.15) is 46.6 Å². The Morgan fingerprint density at radius 2 is 1.64 bits per heavy atom. The van der Waals surface area contributed by atoms with Crippen molar-refractivity contribution in [1.82, 2.24) is 9.62 Å². The number of benzene rings is 1. The summed E-state index contributed by atoms with van der Waals surface area (Å²) in [5, 5.41) is 1.04. The van der Waals surface area contributed by atoms with E-state index in [9.17, 15) is 18.0 Å². The van der Waals surface area contributed by atoms with E-state index in [4.69, 9.17) is 4.74 Å². The maximum atomic E-state index is 12.4. The van der Waals surface area contributed by atoms with E-state index in [0.29, 0.717) is 0 Å². The van der Waals surface area contributed by atoms with Crippen LogP contribution in [0.2, 0.25) is 0 Å². The van der Waals surface area contributed by atoms with Gasteiger partial charge in [-0.3, -0.25) is 9.59 Å². The first-order chi connectivity index (χ1) is 13.0. The van der Waals surface area contributed by atoms with Crippen LogP contribution in [0.5, 0.6) is 0 Å². The number of rotatable bonds is 10. The van der Waals surface area contributed by atoms with Crippen LogP contribution in [-0.2, 0) is 24.3 Å². The number of carbonyl (C=O) groups excluding carboxylic acids is 2. The summed E-state index contributed by atoms with van der Waals surface area (Å²) in [6.07, 6.45) is 0.375. The van der Waals surface area contributed by atoms with Crippen molar-refractivity contribution in [2.75, 3.05) is 6.54 Å². The first-order valence-electron chi connectivity index (χ1n) is 9.28. The van der Waals surface area contributed by atoms with Crippen molar-refractivity contribution >= 4 is 28.0 Å². The maximum Gasteiger partial charge on any atom is 0.307 e. The molecule has 28 heavy (non-hydrogen) atoms. The molecular weight excluding hydrogens is 380 g/mol. The number of esters is 1. The number of amides is 1. The number of sulfonamides is 1. The van der Waals surface area contributed by atoms with Gasteiger partial charge in [0.15, 0.2) is 6.10 Å². The molecule has 7 nitrogen and oxygen atoms in total. The summed E-state index contributed by atoms with van der Waals surface area (Å²) in [5.41, 5.74) is 0.750. The SMILES string of the molecule is CC(C)N(C(=O)[C@@H](C)OC(=O)CCNS(=O)(=O)/C=C/c1ccccc1)C(C)C. The van der Waals surface area contributed by atoms with Gasteiger partial charge in [0, 0.05) is 24.0 Å². The molecule has 0 aliphatic heterocycles. The molecule has 1 atom stereocenters. The predicted molar refractivity (Wildman–Crippen MR) is 110 cm³/mol. The molecule has 0 aliphatic carbocycles. The van der Waals surface area contributed by atoms with E-state index in [1.54, 1.807) is 29.2 Å². The molecule has 0 aromatic heterocycles. The Hall–Kier alpha value is -2.19. The van der Waals surface area contributed by atoms with Gasteiger partial charge in [-0.1, -0.05) is 30.3 Å². The van der Waals surface area contributed by atoms with Crippen molar-refractivity contribution in [1.29, 1.82) is 0 Å². The summed E-state index contributed by atoms with van der Waals surface area (Å²) in [4.78, 5) is 26.0. The van der Waals surface area contributed by atoms with E-state index in [0.717, 1.165) is 11.0 Å². The molecule has 1 amide bonds. The Balaban J connectivity index is 2.49. The van der Waals surface area contributed by atoms with Crippen LogP contribution in [0, 0.1) is 0 Å². The zero-order valence-electron chi connectivity index (χ0n) is 17.1. The molecule has 0 bridgehead atoms. The fourth-order valence-corrected chi connectivity index (χ4v) is 3.52. The van der Waals surface area contributed by atoms with E-state index in [1.807, 2.05) is 33.8 Å². The van der Waals surface area contributed by atoms with Crippen molar-refractivity contribution in [3.05, 3.63) is 41.3 Å². The molecule has 8 heteroatoms. The monoisotopic (exact) mass is 410 g/mol. The average molecular weight is 411 g/mol. The maximum absolute atomic E-state index is 12.4. The van der Waals surface area contributed by atoms with E-state index in [2.05, 4.69) is 4.72 Å². The lowest BCUT2D eigenvalue weighted by Crippen LogP contribution is -2.47. The van der Waals surface area contributed by atoms with Gasteiger partial charge in [0.25, 0.3) is 5.91 Å². The van der Waals surface area contributed by atoms with Crippen molar-refractivity contribution in [3.63, 3.8) is 0 Å². The minimum absolute atomic E-state index is 0.0168. The fourth-order valence-electron chi connectivity index (χ4n) is 2.70. The van der Waals surface area contributed by atoms with E-state index in [-0.39, 0.29) is 31.0 Å². The topological polar surface area (TPSA) is 92.8 Å². The number of hydrogen-bond acceptors (Lipinski definition) is 5. The molecule has 0 aliphatic rings. The lowest BCUT2D eigenvalue weighted by molar-refractivity contribution is -0.160. The summed E-state index contributed by atoms with van der Waals surface area (Å²) in [6, 6.07) is 8.96. The highest BCUT2D eigenvalue weighted by atomic mass is 32.2. The van der Waals surface area contributed by atoms with Gasteiger partial charge in [-0.2, -0.15) is 0 Å². The highest BCUT2D eigenvalue weighted by Gasteiger charge is 2.27. The van der Waals surface area contributed by atoms with E-state index < -0.39 is 22.1 Å². The quantitative estimate of drug-likeness (QED) is 0.599. The number of ether oxygens (including phenoxy) is 1. The van der Waals surface area contributed by atoms with Crippen LogP contribution >= 0.6 is 0 Å². The van der Waals surface area contributed by atoms with Crippen LogP contribution in [0.15, 0.2) is 35.7 Å². The summed E-state index contributed by atoms with van der Waals surface area (Å²) in [5.74, 6) is -0.909. The van der Waals surface area contributed by atoms with Crippen molar-refractivity contribution < 1.29 is 22.7 Å². The zero-order chi connectivity index (χ0) is 21.3. The van der Waals surface area contributed by atoms with Crippen LogP contribution in [0.4, 0.5) is 0 Å². The molecule has 0 fully saturated rings. The first-order valence-corrected chi connectivity index (χ1v) is 10.8. The van der Waals surface area contributed by atoms with Gasteiger partial charge in [0.2, 0.25) is 10.0 Å². The third kappa shape index (κ3) is 8.22. The first kappa shape index (κ1) is 23.8. The fraction of sp³-hybridized carbons (Fsp3) is 0.500. The Morgan fingerprint density at radius 3 is 2.18 bits per heavy atom. The molecule has 1 N–H and O–H groups in total. The van der Waals surface area contributed by atoms with Crippen LogP contribution in [0.25, 0.3) is 6.08 Å². The summed E-state index contributed by atoms with van der Waals surface area (Å²) >= 11 is 0. The van der Waals surface area contributed by atoms with Gasteiger partial charge in [-0.25, -0.2) is 13.1 Å². The second-order valence-corrected chi connectivity index (χ2v) is 8.62. The summed E-state index contributed by atoms with van der Waals surface area (Å²) in [7, 11) is -3.67. The molecule has 1 aromatic rings. The van der Waals surface area contributed by atoms with E-state index >= 15 is 0 Å². The number of nitrogens with one attached hydrogen (secondary N) is 1. The second kappa shape index (κ2) is 11.0. The van der Waals surface area contributed by atoms with Gasteiger partial charge in [0.05, 0.1) is 6.42 Å². The van der Waals surface area contributed by atoms with Crippen molar-refractivity contribution in [3.8, 4) is 0 Å². The van der Waals surface area contributed by atoms with Gasteiger partial charge in [-0.15, -0.1) is 0 Å². The summed E-state index contributed by atoms with van der Waals surface area (Å²) in [6.45, 7) is 8.98. The van der Waals surface area contributed by atoms with Gasteiger partial charge in [-0.05, 0) is 46.3 Å². The van der Waals surface area contributed by atoms with Crippen LogP contribution < -0.4 is 4.72 Å². The van der Waals surface area contributed by atoms with Gasteiger partial charge < -0.3 is 9.64 Å². The van der Waals surface area contributed by atoms with Crippen molar-refractivity contribution in [2.24, 2.45) is 0 Å². The number of nitrogens with zero attached hydrogens (tertiary/aromatic N) is 1. The normalized spacial score (nSPS) is 13.1. The van der Waals surface area contributed by atoms with Crippen LogP contribution in [0.3, 0.4) is 0 Å². The predicted octanol–water partition coefficient (Wildman–Crippen LogP) is 2.54. The minimum Gasteiger partial charge on any atom is -0.452 e. The zero-order valence-corrected chi connectivity index (χ0v) is 17.9. The Kier molecular flexibility index (Phi) is 9.34. The molecule has 0 saturated carbocycles. The van der Waals surface area contributed by atoms with Gasteiger partial charge in [0.1, 0.15) is 0 Å². The molecule has 1 aromatic carbocycles. The molecule has 0 spiro atoms. The highest BCUT2D eigenvalue weighted by Crippen LogP contribution is 2.10. The second-order valence-electron chi connectivity index (χ2n) is 6.97. The Bertz CT molecular complexity index is 765. The van der Waals surface area contributed by atoms with Crippen LogP contribution in [-0.4, -0.2) is 49.9 Å². The number of carbonyl (C=O) groups is 2. The molecule has 156 valence electrons. The molecule has 0 radical (unpaired) electrons. The smallest absolute Gasteiger partial charge is 0.307 e. The standard InChI is InChI=1S/C20H30N2O5S/c1-15(2)22(16(3)4)20(24)17(5)27-19(23)11-13-21-28(25,26)14-12-18-9-7-6-8-10-18/h6-10,12,14-17,21H,11,13H2,1-5H3/b14-12+/t17-/m1/s1. The Morgan fingerprint density at radius 1 is 1.07 bits per heavy atom. The minimum atomic E-state index is -3.67. The average Bonchev–Trinajstić information content (AvgIpc) is 2.60. The van der Waals surface area contributed by atoms with E-state index in [1.165, 1.54) is 13.0 Å². The van der Waals surface area contributed by atoms with Crippen molar-refractivity contribution in [2.45, 2.75) is 59.2 Å². The number of hydrogen-bond donors (Lipinski definition) is 1. The lowest BCUT2D eigenvalue weighted by atomic mass is 10.2. The van der Waals surface area contributed by atoms with Gasteiger partial charge >= 0.3 is 5.97 Å². The molecular formula is C20H30N2O5S. The Labute approximate surface area is 167 Å².